The Morgan fingerprint density at radius 2 is 2.04 bits per heavy atom. The third kappa shape index (κ3) is 4.90. The van der Waals surface area contributed by atoms with Gasteiger partial charge in [0, 0.05) is 18.2 Å². The Morgan fingerprint density at radius 3 is 2.63 bits per heavy atom. The number of thioether (sulfide) groups is 1. The predicted octanol–water partition coefficient (Wildman–Crippen LogP) is 2.16. The van der Waals surface area contributed by atoms with Gasteiger partial charge < -0.3 is 4.90 Å². The van der Waals surface area contributed by atoms with Gasteiger partial charge in [0.1, 0.15) is 0 Å². The predicted molar refractivity (Wildman–Crippen MR) is 106 cm³/mol. The van der Waals surface area contributed by atoms with E-state index in [2.05, 4.69) is 34.2 Å². The van der Waals surface area contributed by atoms with Crippen molar-refractivity contribution in [2.45, 2.75) is 37.9 Å². The Bertz CT molecular complexity index is 894. The molecule has 1 N–H and O–H groups in total. The Morgan fingerprint density at radius 1 is 1.30 bits per heavy atom. The zero-order chi connectivity index (χ0) is 19.4. The average Bonchev–Trinajstić information content (AvgIpc) is 3.27. The van der Waals surface area contributed by atoms with Crippen LogP contribution in [-0.4, -0.2) is 64.3 Å². The van der Waals surface area contributed by atoms with Crippen molar-refractivity contribution in [1.82, 2.24) is 20.1 Å². The lowest BCUT2D eigenvalue weighted by atomic mass is 10.1. The minimum atomic E-state index is -3.01. The summed E-state index contributed by atoms with van der Waals surface area (Å²) in [6.45, 7) is 4.48. The first-order valence-electron chi connectivity index (χ1n) is 9.06. The van der Waals surface area contributed by atoms with Crippen LogP contribution in [0.5, 0.6) is 0 Å². The molecule has 3 rings (SSSR count). The normalized spacial score (nSPS) is 18.5. The maximum atomic E-state index is 12.5. The topological polar surface area (TPSA) is 96.0 Å². The number of carbonyl (C=O) groups excluding carboxylic acids is 1. The van der Waals surface area contributed by atoms with E-state index in [1.807, 2.05) is 19.1 Å². The Hall–Kier alpha value is -1.87. The summed E-state index contributed by atoms with van der Waals surface area (Å²) in [5, 5.41) is 7.59. The van der Waals surface area contributed by atoms with Crippen molar-refractivity contribution in [3.05, 3.63) is 29.8 Å². The lowest BCUT2D eigenvalue weighted by Gasteiger charge is -2.26. The molecule has 9 heteroatoms. The SMILES string of the molecule is CCc1ccc(-c2nc(SCC(=O)N(CC)[C@@H]3CCS(=O)(=O)C3)n[nH]2)cc1. The van der Waals surface area contributed by atoms with Crippen LogP contribution < -0.4 is 0 Å². The molecular formula is C18H24N4O3S2. The summed E-state index contributed by atoms with van der Waals surface area (Å²) in [4.78, 5) is 18.6. The lowest BCUT2D eigenvalue weighted by Crippen LogP contribution is -2.41. The summed E-state index contributed by atoms with van der Waals surface area (Å²) in [6, 6.07) is 7.90. The number of aryl methyl sites for hydroxylation is 1. The third-order valence-corrected chi connectivity index (χ3v) is 7.32. The zero-order valence-corrected chi connectivity index (χ0v) is 17.1. The molecule has 1 aliphatic rings. The summed E-state index contributed by atoms with van der Waals surface area (Å²) in [6.07, 6.45) is 1.50. The molecule has 0 saturated carbocycles. The van der Waals surface area contributed by atoms with Gasteiger partial charge in [-0.15, -0.1) is 5.10 Å². The van der Waals surface area contributed by atoms with Crippen molar-refractivity contribution in [2.24, 2.45) is 0 Å². The molecule has 1 aromatic carbocycles. The van der Waals surface area contributed by atoms with Gasteiger partial charge >= 0.3 is 0 Å². The van der Waals surface area contributed by atoms with Crippen LogP contribution in [0.3, 0.4) is 0 Å². The summed E-state index contributed by atoms with van der Waals surface area (Å²) in [7, 11) is -3.01. The van der Waals surface area contributed by atoms with Crippen molar-refractivity contribution in [3.8, 4) is 11.4 Å². The summed E-state index contributed by atoms with van der Waals surface area (Å²) in [5.41, 5.74) is 2.20. The van der Waals surface area contributed by atoms with E-state index in [0.717, 1.165) is 12.0 Å². The van der Waals surface area contributed by atoms with E-state index in [1.165, 1.54) is 17.3 Å². The number of amides is 1. The molecule has 2 heterocycles. The molecule has 0 unspecified atom stereocenters. The molecule has 1 amide bonds. The van der Waals surface area contributed by atoms with E-state index in [0.29, 0.717) is 23.9 Å². The first-order valence-corrected chi connectivity index (χ1v) is 11.9. The summed E-state index contributed by atoms with van der Waals surface area (Å²) < 4.78 is 23.3. The van der Waals surface area contributed by atoms with Gasteiger partial charge in [-0.2, -0.15) is 0 Å². The largest absolute Gasteiger partial charge is 0.338 e. The van der Waals surface area contributed by atoms with Crippen LogP contribution in [0, 0.1) is 0 Å². The number of aromatic amines is 1. The number of rotatable bonds is 7. The second-order valence-electron chi connectivity index (χ2n) is 6.54. The van der Waals surface area contributed by atoms with Crippen LogP contribution in [0.15, 0.2) is 29.4 Å². The number of carbonyl (C=O) groups is 1. The number of hydrogen-bond acceptors (Lipinski definition) is 6. The lowest BCUT2D eigenvalue weighted by molar-refractivity contribution is -0.129. The van der Waals surface area contributed by atoms with Crippen LogP contribution in [-0.2, 0) is 21.1 Å². The van der Waals surface area contributed by atoms with Crippen LogP contribution in [0.25, 0.3) is 11.4 Å². The molecular weight excluding hydrogens is 384 g/mol. The van der Waals surface area contributed by atoms with Gasteiger partial charge in [0.15, 0.2) is 15.7 Å². The first-order chi connectivity index (χ1) is 12.9. The molecule has 27 heavy (non-hydrogen) atoms. The second-order valence-corrected chi connectivity index (χ2v) is 9.71. The van der Waals surface area contributed by atoms with Crippen molar-refractivity contribution in [1.29, 1.82) is 0 Å². The fraction of sp³-hybridized carbons (Fsp3) is 0.500. The average molecular weight is 409 g/mol. The molecule has 1 aliphatic heterocycles. The van der Waals surface area contributed by atoms with Gasteiger partial charge in [-0.3, -0.25) is 9.89 Å². The molecule has 1 atom stereocenters. The molecule has 146 valence electrons. The number of aromatic nitrogens is 3. The summed E-state index contributed by atoms with van der Waals surface area (Å²) >= 11 is 1.26. The van der Waals surface area contributed by atoms with E-state index < -0.39 is 9.84 Å². The highest BCUT2D eigenvalue weighted by Crippen LogP contribution is 2.22. The smallest absolute Gasteiger partial charge is 0.233 e. The van der Waals surface area contributed by atoms with Crippen molar-refractivity contribution < 1.29 is 13.2 Å². The number of nitrogens with zero attached hydrogens (tertiary/aromatic N) is 3. The Balaban J connectivity index is 1.59. The molecule has 1 aromatic heterocycles. The molecule has 0 bridgehead atoms. The number of hydrogen-bond donors (Lipinski definition) is 1. The molecule has 2 aromatic rings. The van der Waals surface area contributed by atoms with Gasteiger partial charge in [0.25, 0.3) is 0 Å². The third-order valence-electron chi connectivity index (χ3n) is 4.74. The van der Waals surface area contributed by atoms with Crippen LogP contribution in [0.1, 0.15) is 25.8 Å². The van der Waals surface area contributed by atoms with Crippen LogP contribution in [0.2, 0.25) is 0 Å². The fourth-order valence-corrected chi connectivity index (χ4v) is 5.62. The van der Waals surface area contributed by atoms with Crippen molar-refractivity contribution in [2.75, 3.05) is 23.8 Å². The minimum Gasteiger partial charge on any atom is -0.338 e. The van der Waals surface area contributed by atoms with Crippen LogP contribution >= 0.6 is 11.8 Å². The molecule has 1 fully saturated rings. The number of sulfone groups is 1. The van der Waals surface area contributed by atoms with Crippen molar-refractivity contribution in [3.63, 3.8) is 0 Å². The standard InChI is InChI=1S/C18H24N4O3S2/c1-3-13-5-7-14(8-6-13)17-19-18(21-20-17)26-11-16(23)22(4-2)15-9-10-27(24,25)12-15/h5-8,15H,3-4,9-12H2,1-2H3,(H,19,20,21)/t15-/m1/s1. The highest BCUT2D eigenvalue weighted by molar-refractivity contribution is 7.99. The Kier molecular flexibility index (Phi) is 6.21. The van der Waals surface area contributed by atoms with Gasteiger partial charge in [-0.1, -0.05) is 43.0 Å². The van der Waals surface area contributed by atoms with E-state index in [-0.39, 0.29) is 29.2 Å². The van der Waals surface area contributed by atoms with Gasteiger partial charge in [0.05, 0.1) is 17.3 Å². The Labute approximate surface area is 163 Å². The number of H-pyrrole nitrogens is 1. The highest BCUT2D eigenvalue weighted by atomic mass is 32.2. The van der Waals surface area contributed by atoms with Crippen LogP contribution in [0.4, 0.5) is 0 Å². The van der Waals surface area contributed by atoms with E-state index >= 15 is 0 Å². The van der Waals surface area contributed by atoms with Crippen molar-refractivity contribution >= 4 is 27.5 Å². The summed E-state index contributed by atoms with van der Waals surface area (Å²) in [5.74, 6) is 1.01. The maximum absolute atomic E-state index is 12.5. The number of benzene rings is 1. The van der Waals surface area contributed by atoms with E-state index in [9.17, 15) is 13.2 Å². The van der Waals surface area contributed by atoms with Gasteiger partial charge in [0.2, 0.25) is 11.1 Å². The molecule has 7 nitrogen and oxygen atoms in total. The number of nitrogens with one attached hydrogen (secondary N) is 1. The van der Waals surface area contributed by atoms with Gasteiger partial charge in [-0.05, 0) is 25.3 Å². The quantitative estimate of drug-likeness (QED) is 0.706. The second kappa shape index (κ2) is 8.43. The van der Waals surface area contributed by atoms with E-state index in [1.54, 1.807) is 4.90 Å². The highest BCUT2D eigenvalue weighted by Gasteiger charge is 2.33. The van der Waals surface area contributed by atoms with Gasteiger partial charge in [-0.25, -0.2) is 13.4 Å². The molecule has 0 radical (unpaired) electrons. The van der Waals surface area contributed by atoms with E-state index in [4.69, 9.17) is 0 Å². The maximum Gasteiger partial charge on any atom is 0.233 e. The minimum absolute atomic E-state index is 0.0653. The fourth-order valence-electron chi connectivity index (χ4n) is 3.21. The monoisotopic (exact) mass is 408 g/mol. The molecule has 1 saturated heterocycles. The molecule has 0 spiro atoms. The first kappa shape index (κ1) is 19.9. The zero-order valence-electron chi connectivity index (χ0n) is 15.5. The molecule has 0 aliphatic carbocycles.